The zero-order valence-electron chi connectivity index (χ0n) is 14.5. The van der Waals surface area contributed by atoms with Gasteiger partial charge >= 0.3 is 5.97 Å². The first-order valence-corrected chi connectivity index (χ1v) is 8.92. The molecule has 0 unspecified atom stereocenters. The largest absolute Gasteiger partial charge is 0.478 e. The van der Waals surface area contributed by atoms with Crippen LogP contribution in [-0.2, 0) is 6.42 Å². The fourth-order valence-electron chi connectivity index (χ4n) is 2.92. The minimum absolute atomic E-state index is 0. The number of nitrogens with zero attached hydrogens (tertiary/aromatic N) is 1. The maximum Gasteiger partial charge on any atom is 0.335 e. The van der Waals surface area contributed by atoms with Crippen LogP contribution >= 0.6 is 12.4 Å². The second-order valence-electron chi connectivity index (χ2n) is 6.30. The number of aromatic carboxylic acids is 1. The summed E-state index contributed by atoms with van der Waals surface area (Å²) in [7, 11) is 0. The number of rotatable bonds is 11. The number of aromatic nitrogens is 2. The standard InChI is InChI=1S/C19H28N2O2.ClH/c1-2-3-4-5-6-7-8-9-10-11-18-20-16-13-12-15(19(22)23)14-17(16)21-18;/h12-14H,2-11H2,1H3,(H,20,21)(H,22,23);1H. The van der Waals surface area contributed by atoms with Crippen LogP contribution in [0.15, 0.2) is 18.2 Å². The molecule has 0 saturated heterocycles. The van der Waals surface area contributed by atoms with E-state index in [0.29, 0.717) is 5.56 Å². The summed E-state index contributed by atoms with van der Waals surface area (Å²) in [6, 6.07) is 5.04. The highest BCUT2D eigenvalue weighted by Crippen LogP contribution is 2.16. The van der Waals surface area contributed by atoms with Gasteiger partial charge in [0.2, 0.25) is 0 Å². The predicted octanol–water partition coefficient (Wildman–Crippen LogP) is 5.76. The SMILES string of the molecule is CCCCCCCCCCCc1nc2ccc(C(=O)O)cc2[nH]1.Cl. The van der Waals surface area contributed by atoms with Gasteiger partial charge in [-0.15, -0.1) is 12.4 Å². The van der Waals surface area contributed by atoms with Gasteiger partial charge in [-0.2, -0.15) is 0 Å². The number of benzene rings is 1. The molecule has 1 aromatic heterocycles. The van der Waals surface area contributed by atoms with E-state index in [9.17, 15) is 4.79 Å². The molecular formula is C19H29ClN2O2. The highest BCUT2D eigenvalue weighted by molar-refractivity contribution is 5.92. The number of fused-ring (bicyclic) bond motifs is 1. The lowest BCUT2D eigenvalue weighted by Gasteiger charge is -2.01. The summed E-state index contributed by atoms with van der Waals surface area (Å²) in [5.41, 5.74) is 1.97. The molecular weight excluding hydrogens is 324 g/mol. The number of nitrogens with one attached hydrogen (secondary N) is 1. The number of aryl methyl sites for hydroxylation is 1. The van der Waals surface area contributed by atoms with Crippen molar-refractivity contribution in [2.45, 2.75) is 71.1 Å². The van der Waals surface area contributed by atoms with E-state index in [0.717, 1.165) is 29.7 Å². The number of hydrogen-bond acceptors (Lipinski definition) is 2. The number of carbonyl (C=O) groups is 1. The van der Waals surface area contributed by atoms with Crippen LogP contribution in [-0.4, -0.2) is 21.0 Å². The summed E-state index contributed by atoms with van der Waals surface area (Å²) in [6.07, 6.45) is 12.8. The Labute approximate surface area is 150 Å². The topological polar surface area (TPSA) is 66.0 Å². The van der Waals surface area contributed by atoms with Gasteiger partial charge in [-0.1, -0.05) is 58.3 Å². The highest BCUT2D eigenvalue weighted by Gasteiger charge is 2.07. The average molecular weight is 353 g/mol. The average Bonchev–Trinajstić information content (AvgIpc) is 2.95. The Balaban J connectivity index is 0.00000288. The maximum absolute atomic E-state index is 11.0. The van der Waals surface area contributed by atoms with E-state index >= 15 is 0 Å². The van der Waals surface area contributed by atoms with Crippen molar-refractivity contribution in [1.82, 2.24) is 9.97 Å². The molecule has 4 nitrogen and oxygen atoms in total. The van der Waals surface area contributed by atoms with Crippen LogP contribution in [0.3, 0.4) is 0 Å². The number of aromatic amines is 1. The lowest BCUT2D eigenvalue weighted by atomic mass is 10.1. The molecule has 0 aliphatic carbocycles. The summed E-state index contributed by atoms with van der Waals surface area (Å²) >= 11 is 0. The van der Waals surface area contributed by atoms with Gasteiger partial charge in [0.15, 0.2) is 0 Å². The molecule has 0 fully saturated rings. The third-order valence-corrected chi connectivity index (χ3v) is 4.30. The highest BCUT2D eigenvalue weighted by atomic mass is 35.5. The second kappa shape index (κ2) is 11.1. The van der Waals surface area contributed by atoms with Crippen molar-refractivity contribution >= 4 is 29.4 Å². The van der Waals surface area contributed by atoms with E-state index in [-0.39, 0.29) is 12.4 Å². The van der Waals surface area contributed by atoms with E-state index in [1.165, 1.54) is 51.4 Å². The molecule has 0 radical (unpaired) electrons. The third-order valence-electron chi connectivity index (χ3n) is 4.30. The Kier molecular flexibility index (Phi) is 9.46. The summed E-state index contributed by atoms with van der Waals surface area (Å²) in [4.78, 5) is 18.7. The fourth-order valence-corrected chi connectivity index (χ4v) is 2.92. The van der Waals surface area contributed by atoms with Gasteiger partial charge in [0.05, 0.1) is 16.6 Å². The molecule has 0 saturated carbocycles. The van der Waals surface area contributed by atoms with Crippen LogP contribution in [0.2, 0.25) is 0 Å². The number of halogens is 1. The van der Waals surface area contributed by atoms with Crippen LogP contribution in [0.5, 0.6) is 0 Å². The van der Waals surface area contributed by atoms with E-state index in [2.05, 4.69) is 16.9 Å². The molecule has 0 atom stereocenters. The Morgan fingerprint density at radius 3 is 2.29 bits per heavy atom. The van der Waals surface area contributed by atoms with Crippen molar-refractivity contribution in [3.8, 4) is 0 Å². The minimum Gasteiger partial charge on any atom is -0.478 e. The molecule has 2 aromatic rings. The third kappa shape index (κ3) is 6.52. The van der Waals surface area contributed by atoms with Crippen LogP contribution in [0.4, 0.5) is 0 Å². The summed E-state index contributed by atoms with van der Waals surface area (Å²) in [5.74, 6) is 0.0625. The molecule has 1 aromatic carbocycles. The molecule has 0 amide bonds. The van der Waals surface area contributed by atoms with Gasteiger partial charge < -0.3 is 10.1 Å². The molecule has 0 aliphatic rings. The van der Waals surface area contributed by atoms with Gasteiger partial charge in [0, 0.05) is 6.42 Å². The number of unbranched alkanes of at least 4 members (excludes halogenated alkanes) is 8. The lowest BCUT2D eigenvalue weighted by Crippen LogP contribution is -1.94. The monoisotopic (exact) mass is 352 g/mol. The predicted molar refractivity (Wildman–Crippen MR) is 101 cm³/mol. The lowest BCUT2D eigenvalue weighted by molar-refractivity contribution is 0.0697. The van der Waals surface area contributed by atoms with Crippen LogP contribution < -0.4 is 0 Å². The van der Waals surface area contributed by atoms with Gasteiger partial charge in [-0.25, -0.2) is 9.78 Å². The van der Waals surface area contributed by atoms with Crippen LogP contribution in [0, 0.1) is 0 Å². The number of carboxylic acids is 1. The number of hydrogen-bond donors (Lipinski definition) is 2. The molecule has 0 spiro atoms. The van der Waals surface area contributed by atoms with Crippen molar-refractivity contribution in [2.24, 2.45) is 0 Å². The normalized spacial score (nSPS) is 10.7. The molecule has 2 N–H and O–H groups in total. The summed E-state index contributed by atoms with van der Waals surface area (Å²) in [5, 5.41) is 9.01. The molecule has 0 aliphatic heterocycles. The van der Waals surface area contributed by atoms with Crippen LogP contribution in [0.25, 0.3) is 11.0 Å². The molecule has 2 rings (SSSR count). The van der Waals surface area contributed by atoms with E-state index in [4.69, 9.17) is 5.11 Å². The first-order valence-electron chi connectivity index (χ1n) is 8.92. The van der Waals surface area contributed by atoms with E-state index in [1.54, 1.807) is 18.2 Å². The number of carboxylic acid groups (broad SMARTS) is 1. The van der Waals surface area contributed by atoms with Gasteiger partial charge in [0.25, 0.3) is 0 Å². The van der Waals surface area contributed by atoms with E-state index in [1.807, 2.05) is 0 Å². The zero-order chi connectivity index (χ0) is 16.5. The van der Waals surface area contributed by atoms with Crippen LogP contribution in [0.1, 0.15) is 80.9 Å². The second-order valence-corrected chi connectivity index (χ2v) is 6.30. The first kappa shape index (κ1) is 20.5. The van der Waals surface area contributed by atoms with Crippen molar-refractivity contribution < 1.29 is 9.90 Å². The quantitative estimate of drug-likeness (QED) is 0.505. The Morgan fingerprint density at radius 1 is 1.04 bits per heavy atom. The first-order chi connectivity index (χ1) is 11.2. The molecule has 5 heteroatoms. The van der Waals surface area contributed by atoms with Crippen molar-refractivity contribution in [3.63, 3.8) is 0 Å². The smallest absolute Gasteiger partial charge is 0.335 e. The van der Waals surface area contributed by atoms with Gasteiger partial charge in [-0.05, 0) is 24.6 Å². The van der Waals surface area contributed by atoms with E-state index < -0.39 is 5.97 Å². The Bertz CT molecular complexity index is 625. The van der Waals surface area contributed by atoms with Gasteiger partial charge in [-0.3, -0.25) is 0 Å². The minimum atomic E-state index is -0.901. The maximum atomic E-state index is 11.0. The summed E-state index contributed by atoms with van der Waals surface area (Å²) < 4.78 is 0. The van der Waals surface area contributed by atoms with Gasteiger partial charge in [0.1, 0.15) is 5.82 Å². The Morgan fingerprint density at radius 2 is 1.67 bits per heavy atom. The zero-order valence-corrected chi connectivity index (χ0v) is 15.3. The molecule has 134 valence electrons. The van der Waals surface area contributed by atoms with Crippen molar-refractivity contribution in [3.05, 3.63) is 29.6 Å². The molecule has 0 bridgehead atoms. The number of imidazole rings is 1. The molecule has 1 heterocycles. The fraction of sp³-hybridized carbons (Fsp3) is 0.579. The molecule has 24 heavy (non-hydrogen) atoms. The van der Waals surface area contributed by atoms with Crippen molar-refractivity contribution in [1.29, 1.82) is 0 Å². The van der Waals surface area contributed by atoms with Crippen molar-refractivity contribution in [2.75, 3.05) is 0 Å². The Hall–Kier alpha value is -1.55. The number of H-pyrrole nitrogens is 1. The summed E-state index contributed by atoms with van der Waals surface area (Å²) in [6.45, 7) is 2.25.